The Kier molecular flexibility index (Phi) is 7.40. The van der Waals surface area contributed by atoms with Crippen molar-refractivity contribution in [2.75, 3.05) is 41.8 Å². The molecule has 2 heterocycles. The molecule has 0 unspecified atom stereocenters. The average Bonchev–Trinajstić information content (AvgIpc) is 2.62. The number of hydrazine groups is 1. The molecule has 1 aliphatic rings. The molecular weight excluding hydrogens is 469 g/mol. The summed E-state index contributed by atoms with van der Waals surface area (Å²) in [6.07, 6.45) is 0.647. The molecule has 0 spiro atoms. The summed E-state index contributed by atoms with van der Waals surface area (Å²) < 4.78 is 0. The summed E-state index contributed by atoms with van der Waals surface area (Å²) >= 11 is 6.43. The standard InChI is InChI=1S/C16H18ClN6O.Pr/c17-13-9-12(2-4-15(13)22-7-5-20-6-8-22)23(19)16-14(18)3-1-11(10-24)21-16;/h1-4,9-10H,5-8,18-19H2;/q-1;. The predicted molar refractivity (Wildman–Crippen MR) is 97.1 cm³/mol. The smallest absolute Gasteiger partial charge is 0.171 e. The van der Waals surface area contributed by atoms with Crippen LogP contribution in [0.4, 0.5) is 22.9 Å². The Balaban J connectivity index is 0.00000225. The summed E-state index contributed by atoms with van der Waals surface area (Å²) in [5.74, 6) is 6.43. The van der Waals surface area contributed by atoms with Gasteiger partial charge in [-0.1, -0.05) is 11.6 Å². The van der Waals surface area contributed by atoms with E-state index in [1.54, 1.807) is 12.1 Å². The van der Waals surface area contributed by atoms with Crippen molar-refractivity contribution in [1.82, 2.24) is 4.98 Å². The van der Waals surface area contributed by atoms with Gasteiger partial charge < -0.3 is 16.0 Å². The minimum absolute atomic E-state index is 0. The second-order valence-electron chi connectivity index (χ2n) is 5.43. The second-order valence-corrected chi connectivity index (χ2v) is 5.84. The van der Waals surface area contributed by atoms with Crippen molar-refractivity contribution >= 4 is 40.8 Å². The first kappa shape index (κ1) is 20.3. The summed E-state index contributed by atoms with van der Waals surface area (Å²) in [4.78, 5) is 17.3. The molecule has 1 radical (unpaired) electrons. The molecule has 2 aromatic rings. The van der Waals surface area contributed by atoms with Gasteiger partial charge in [0.15, 0.2) is 12.1 Å². The fourth-order valence-corrected chi connectivity index (χ4v) is 2.90. The van der Waals surface area contributed by atoms with Crippen LogP contribution in [0.2, 0.25) is 5.02 Å². The van der Waals surface area contributed by atoms with Gasteiger partial charge in [-0.25, -0.2) is 10.8 Å². The van der Waals surface area contributed by atoms with Crippen molar-refractivity contribution in [2.24, 2.45) is 5.84 Å². The fraction of sp³-hybridized carbons (Fsp3) is 0.250. The molecular formula is C16H18ClN6OPr-. The van der Waals surface area contributed by atoms with Gasteiger partial charge in [-0.2, -0.15) is 0 Å². The van der Waals surface area contributed by atoms with Gasteiger partial charge in [-0.15, -0.1) is 13.1 Å². The summed E-state index contributed by atoms with van der Waals surface area (Å²) in [6, 6.07) is 8.66. The van der Waals surface area contributed by atoms with Gasteiger partial charge in [0, 0.05) is 41.3 Å². The van der Waals surface area contributed by atoms with E-state index in [-0.39, 0.29) is 47.0 Å². The van der Waals surface area contributed by atoms with Crippen LogP contribution in [0.3, 0.4) is 0 Å². The van der Waals surface area contributed by atoms with Crippen LogP contribution in [0.5, 0.6) is 0 Å². The van der Waals surface area contributed by atoms with E-state index in [9.17, 15) is 4.79 Å². The zero-order valence-electron chi connectivity index (χ0n) is 13.6. The molecule has 3 rings (SSSR count). The van der Waals surface area contributed by atoms with E-state index in [4.69, 9.17) is 23.2 Å². The zero-order chi connectivity index (χ0) is 17.1. The number of nitrogens with zero attached hydrogens (tertiary/aromatic N) is 4. The van der Waals surface area contributed by atoms with Crippen LogP contribution in [0.15, 0.2) is 30.3 Å². The van der Waals surface area contributed by atoms with E-state index in [1.807, 2.05) is 12.1 Å². The van der Waals surface area contributed by atoms with E-state index >= 15 is 0 Å². The number of nitrogen functional groups attached to an aromatic ring is 1. The third kappa shape index (κ3) is 4.60. The molecule has 0 saturated carbocycles. The third-order valence-electron chi connectivity index (χ3n) is 3.88. The van der Waals surface area contributed by atoms with Gasteiger partial charge in [-0.05, 0) is 43.4 Å². The fourth-order valence-electron chi connectivity index (χ4n) is 2.60. The summed E-state index contributed by atoms with van der Waals surface area (Å²) in [5.41, 5.74) is 8.13. The topological polar surface area (TPSA) is 103 Å². The van der Waals surface area contributed by atoms with Gasteiger partial charge in [0.25, 0.3) is 0 Å². The molecule has 0 aliphatic carbocycles. The van der Waals surface area contributed by atoms with Crippen LogP contribution < -0.4 is 21.5 Å². The van der Waals surface area contributed by atoms with Crippen molar-refractivity contribution in [2.45, 2.75) is 0 Å². The van der Waals surface area contributed by atoms with Gasteiger partial charge >= 0.3 is 0 Å². The van der Waals surface area contributed by atoms with Gasteiger partial charge in [-0.3, -0.25) is 9.80 Å². The number of hydrogen-bond acceptors (Lipinski definition) is 6. The summed E-state index contributed by atoms with van der Waals surface area (Å²) in [7, 11) is 0. The number of aldehydes is 1. The Morgan fingerprint density at radius 1 is 1.24 bits per heavy atom. The molecule has 129 valence electrons. The van der Waals surface area contributed by atoms with E-state index in [0.29, 0.717) is 28.5 Å². The Bertz CT molecular complexity index is 753. The molecule has 1 fully saturated rings. The number of piperazine rings is 1. The van der Waals surface area contributed by atoms with E-state index < -0.39 is 0 Å². The van der Waals surface area contributed by atoms with Crippen LogP contribution >= 0.6 is 11.6 Å². The minimum Gasteiger partial charge on any atom is -0.659 e. The number of anilines is 4. The second kappa shape index (κ2) is 9.10. The van der Waals surface area contributed by atoms with Crippen molar-refractivity contribution < 1.29 is 46.1 Å². The number of aromatic nitrogens is 1. The predicted octanol–water partition coefficient (Wildman–Crippen LogP) is 2.34. The van der Waals surface area contributed by atoms with Crippen molar-refractivity contribution in [3.05, 3.63) is 46.4 Å². The monoisotopic (exact) mass is 486 g/mol. The number of carbonyl (C=O) groups is 1. The Morgan fingerprint density at radius 2 is 1.96 bits per heavy atom. The Labute approximate surface area is 184 Å². The molecule has 0 bridgehead atoms. The van der Waals surface area contributed by atoms with Gasteiger partial charge in [0.1, 0.15) is 5.69 Å². The number of nitrogens with two attached hydrogens (primary N) is 2. The number of hydrogen-bond donors (Lipinski definition) is 2. The van der Waals surface area contributed by atoms with Gasteiger partial charge in [0.05, 0.1) is 22.1 Å². The van der Waals surface area contributed by atoms with Crippen LogP contribution in [0.1, 0.15) is 10.5 Å². The Morgan fingerprint density at radius 3 is 2.60 bits per heavy atom. The Hall–Kier alpha value is -0.986. The zero-order valence-corrected chi connectivity index (χ0v) is 18.1. The SMILES string of the molecule is Nc1ccc(C=O)nc1N(N)c1ccc(N2CC[N-]CC2)c(Cl)c1.[Pr]. The average molecular weight is 487 g/mol. The largest absolute Gasteiger partial charge is 0.659 e. The number of pyridine rings is 1. The summed E-state index contributed by atoms with van der Waals surface area (Å²) in [5, 5.41) is 6.25. The maximum absolute atomic E-state index is 10.9. The van der Waals surface area contributed by atoms with Crippen molar-refractivity contribution in [3.8, 4) is 0 Å². The molecule has 7 nitrogen and oxygen atoms in total. The molecule has 9 heteroatoms. The first-order chi connectivity index (χ1) is 11.6. The number of rotatable bonds is 4. The molecule has 25 heavy (non-hydrogen) atoms. The van der Waals surface area contributed by atoms with Gasteiger partial charge in [0.2, 0.25) is 0 Å². The maximum atomic E-state index is 10.9. The molecule has 1 aromatic heterocycles. The number of halogens is 1. The minimum atomic E-state index is 0. The van der Waals surface area contributed by atoms with Crippen LogP contribution in [0.25, 0.3) is 5.32 Å². The normalized spacial score (nSPS) is 13.9. The van der Waals surface area contributed by atoms with E-state index in [0.717, 1.165) is 31.9 Å². The third-order valence-corrected chi connectivity index (χ3v) is 4.18. The number of benzene rings is 1. The first-order valence-electron chi connectivity index (χ1n) is 7.54. The molecule has 4 N–H and O–H groups in total. The van der Waals surface area contributed by atoms with Crippen LogP contribution in [0, 0.1) is 41.3 Å². The molecule has 0 atom stereocenters. The van der Waals surface area contributed by atoms with Crippen LogP contribution in [-0.4, -0.2) is 37.4 Å². The van der Waals surface area contributed by atoms with Crippen LogP contribution in [-0.2, 0) is 0 Å². The molecule has 1 aromatic carbocycles. The van der Waals surface area contributed by atoms with Crippen molar-refractivity contribution in [1.29, 1.82) is 0 Å². The molecule has 1 aliphatic heterocycles. The molecule has 1 saturated heterocycles. The molecule has 0 amide bonds. The van der Waals surface area contributed by atoms with E-state index in [2.05, 4.69) is 15.2 Å². The van der Waals surface area contributed by atoms with Crippen molar-refractivity contribution in [3.63, 3.8) is 0 Å². The maximum Gasteiger partial charge on any atom is 0.171 e. The first-order valence-corrected chi connectivity index (χ1v) is 7.92. The summed E-state index contributed by atoms with van der Waals surface area (Å²) in [6.45, 7) is 3.31. The quantitative estimate of drug-likeness (QED) is 0.391. The number of carbonyl (C=O) groups excluding carboxylic acids is 1. The van der Waals surface area contributed by atoms with E-state index in [1.165, 1.54) is 11.1 Å².